The van der Waals surface area contributed by atoms with Crippen LogP contribution in [-0.4, -0.2) is 22.1 Å². The van der Waals surface area contributed by atoms with Crippen molar-refractivity contribution in [1.82, 2.24) is 9.55 Å². The van der Waals surface area contributed by atoms with E-state index in [4.69, 9.17) is 4.74 Å². The second-order valence-corrected chi connectivity index (χ2v) is 5.53. The molecule has 0 saturated carbocycles. The number of esters is 1. The topological polar surface area (TPSA) is 61.2 Å². The summed E-state index contributed by atoms with van der Waals surface area (Å²) in [5, 5.41) is 0.581. The number of aryl methyl sites for hydroxylation is 1. The predicted molar refractivity (Wildman–Crippen MR) is 79.2 cm³/mol. The maximum absolute atomic E-state index is 12.5. The lowest BCUT2D eigenvalue weighted by Gasteiger charge is -2.15. The molecule has 0 aliphatic rings. The van der Waals surface area contributed by atoms with Gasteiger partial charge < -0.3 is 4.74 Å². The Labute approximate surface area is 121 Å². The minimum Gasteiger partial charge on any atom is -0.464 e. The molecular weight excluding hydrogens is 276 g/mol. The number of thiophene rings is 1. The van der Waals surface area contributed by atoms with Gasteiger partial charge in [0.05, 0.1) is 18.3 Å². The largest absolute Gasteiger partial charge is 0.464 e. The van der Waals surface area contributed by atoms with Crippen molar-refractivity contribution in [3.63, 3.8) is 0 Å². The van der Waals surface area contributed by atoms with E-state index in [9.17, 15) is 9.59 Å². The van der Waals surface area contributed by atoms with Crippen LogP contribution in [0.5, 0.6) is 0 Å². The first-order chi connectivity index (χ1) is 9.62. The van der Waals surface area contributed by atoms with Crippen molar-refractivity contribution in [2.45, 2.75) is 39.7 Å². The maximum atomic E-state index is 12.5. The minimum atomic E-state index is -0.607. The molecule has 0 radical (unpaired) electrons. The van der Waals surface area contributed by atoms with Gasteiger partial charge in [-0.2, -0.15) is 0 Å². The molecule has 0 aliphatic heterocycles. The van der Waals surface area contributed by atoms with Crippen LogP contribution >= 0.6 is 11.3 Å². The van der Waals surface area contributed by atoms with Gasteiger partial charge in [-0.3, -0.25) is 9.36 Å². The molecule has 1 atom stereocenters. The van der Waals surface area contributed by atoms with Gasteiger partial charge in [-0.15, -0.1) is 11.3 Å². The van der Waals surface area contributed by atoms with Crippen LogP contribution in [0.25, 0.3) is 10.2 Å². The number of fused-ring (bicyclic) bond motifs is 1. The summed E-state index contributed by atoms with van der Waals surface area (Å²) < 4.78 is 6.40. The lowest BCUT2D eigenvalue weighted by atomic mass is 10.2. The fraction of sp³-hybridized carbons (Fsp3) is 0.500. The Morgan fingerprint density at radius 2 is 2.20 bits per heavy atom. The third kappa shape index (κ3) is 2.60. The van der Waals surface area contributed by atoms with E-state index in [1.807, 2.05) is 19.9 Å². The fourth-order valence-corrected chi connectivity index (χ4v) is 3.02. The minimum absolute atomic E-state index is 0.175. The highest BCUT2D eigenvalue weighted by molar-refractivity contribution is 7.18. The highest BCUT2D eigenvalue weighted by Gasteiger charge is 2.22. The first-order valence-electron chi connectivity index (χ1n) is 6.78. The normalized spacial score (nSPS) is 12.6. The Hall–Kier alpha value is -1.69. The van der Waals surface area contributed by atoms with E-state index < -0.39 is 6.04 Å². The van der Waals surface area contributed by atoms with Gasteiger partial charge >= 0.3 is 5.97 Å². The molecule has 20 heavy (non-hydrogen) atoms. The van der Waals surface area contributed by atoms with Crippen molar-refractivity contribution in [3.05, 3.63) is 27.6 Å². The number of carbonyl (C=O) groups is 1. The van der Waals surface area contributed by atoms with Gasteiger partial charge in [0.1, 0.15) is 10.9 Å². The van der Waals surface area contributed by atoms with Crippen LogP contribution in [0.3, 0.4) is 0 Å². The molecule has 0 N–H and O–H groups in total. The molecule has 0 aliphatic carbocycles. The maximum Gasteiger partial charge on any atom is 0.329 e. The van der Waals surface area contributed by atoms with Gasteiger partial charge in [0.15, 0.2) is 0 Å². The van der Waals surface area contributed by atoms with Crippen LogP contribution < -0.4 is 5.56 Å². The second kappa shape index (κ2) is 6.17. The second-order valence-electron chi connectivity index (χ2n) is 4.42. The monoisotopic (exact) mass is 294 g/mol. The van der Waals surface area contributed by atoms with E-state index in [1.165, 1.54) is 22.2 Å². The molecule has 0 saturated heterocycles. The van der Waals surface area contributed by atoms with E-state index in [1.54, 1.807) is 6.92 Å². The number of hydrogen-bond donors (Lipinski definition) is 0. The van der Waals surface area contributed by atoms with E-state index in [0.717, 1.165) is 16.1 Å². The molecule has 0 spiro atoms. The summed E-state index contributed by atoms with van der Waals surface area (Å²) in [6.45, 7) is 5.94. The third-order valence-corrected chi connectivity index (χ3v) is 4.34. The summed E-state index contributed by atoms with van der Waals surface area (Å²) >= 11 is 1.52. The van der Waals surface area contributed by atoms with E-state index in [-0.39, 0.29) is 11.5 Å². The van der Waals surface area contributed by atoms with Crippen molar-refractivity contribution in [3.8, 4) is 0 Å². The number of aromatic nitrogens is 2. The van der Waals surface area contributed by atoms with Crippen LogP contribution in [0.1, 0.15) is 38.1 Å². The van der Waals surface area contributed by atoms with E-state index in [2.05, 4.69) is 4.98 Å². The van der Waals surface area contributed by atoms with Crippen molar-refractivity contribution < 1.29 is 9.53 Å². The number of carbonyl (C=O) groups excluding carboxylic acids is 1. The summed E-state index contributed by atoms with van der Waals surface area (Å²) in [4.78, 5) is 30.5. The Kier molecular flexibility index (Phi) is 4.54. The van der Waals surface area contributed by atoms with Gasteiger partial charge in [0.2, 0.25) is 0 Å². The van der Waals surface area contributed by atoms with Gasteiger partial charge in [-0.1, -0.05) is 13.8 Å². The summed E-state index contributed by atoms with van der Waals surface area (Å²) in [6.07, 6.45) is 2.82. The molecule has 2 rings (SSSR count). The van der Waals surface area contributed by atoms with Crippen LogP contribution in [0, 0.1) is 0 Å². The zero-order chi connectivity index (χ0) is 14.7. The SMILES string of the molecule is CCOC(=O)C(CC)n1cnc2sc(CC)cc2c1=O. The van der Waals surface area contributed by atoms with E-state index in [0.29, 0.717) is 18.4 Å². The van der Waals surface area contributed by atoms with Gasteiger partial charge in [0.25, 0.3) is 5.56 Å². The summed E-state index contributed by atoms with van der Waals surface area (Å²) in [5.74, 6) is -0.385. The smallest absolute Gasteiger partial charge is 0.329 e. The van der Waals surface area contributed by atoms with E-state index >= 15 is 0 Å². The number of ether oxygens (including phenoxy) is 1. The van der Waals surface area contributed by atoms with Crippen molar-refractivity contribution in [1.29, 1.82) is 0 Å². The van der Waals surface area contributed by atoms with Gasteiger partial charge in [0, 0.05) is 4.88 Å². The standard InChI is InChI=1S/C14H18N2O3S/c1-4-9-7-10-12(20-9)15-8-16(13(10)17)11(5-2)14(18)19-6-3/h7-8,11H,4-6H2,1-3H3. The first-order valence-corrected chi connectivity index (χ1v) is 7.60. The Morgan fingerprint density at radius 1 is 1.45 bits per heavy atom. The zero-order valence-corrected chi connectivity index (χ0v) is 12.7. The van der Waals surface area contributed by atoms with Crippen LogP contribution in [-0.2, 0) is 16.0 Å². The molecule has 0 fully saturated rings. The molecular formula is C14H18N2O3S. The Morgan fingerprint density at radius 3 is 2.80 bits per heavy atom. The summed E-state index contributed by atoms with van der Waals surface area (Å²) in [6, 6.07) is 1.26. The lowest BCUT2D eigenvalue weighted by Crippen LogP contribution is -2.30. The summed E-state index contributed by atoms with van der Waals surface area (Å²) in [5.41, 5.74) is -0.175. The number of rotatable bonds is 5. The average Bonchev–Trinajstić information content (AvgIpc) is 2.86. The highest BCUT2D eigenvalue weighted by Crippen LogP contribution is 2.22. The van der Waals surface area contributed by atoms with Crippen molar-refractivity contribution in [2.24, 2.45) is 0 Å². The molecule has 1 unspecified atom stereocenters. The van der Waals surface area contributed by atoms with Crippen LogP contribution in [0.4, 0.5) is 0 Å². The Bertz CT molecular complexity index is 675. The quantitative estimate of drug-likeness (QED) is 0.795. The molecule has 0 bridgehead atoms. The lowest BCUT2D eigenvalue weighted by molar-refractivity contribution is -0.147. The number of hydrogen-bond acceptors (Lipinski definition) is 5. The third-order valence-electron chi connectivity index (χ3n) is 3.16. The Balaban J connectivity index is 2.51. The van der Waals surface area contributed by atoms with Gasteiger partial charge in [-0.05, 0) is 25.8 Å². The predicted octanol–water partition coefficient (Wildman–Crippen LogP) is 2.53. The fourth-order valence-electron chi connectivity index (χ4n) is 2.10. The van der Waals surface area contributed by atoms with Gasteiger partial charge in [-0.25, -0.2) is 9.78 Å². The number of nitrogens with zero attached hydrogens (tertiary/aromatic N) is 2. The molecule has 5 nitrogen and oxygen atoms in total. The average molecular weight is 294 g/mol. The molecule has 108 valence electrons. The molecule has 0 amide bonds. The zero-order valence-electron chi connectivity index (χ0n) is 11.9. The molecule has 2 aromatic heterocycles. The molecule has 0 aromatic carbocycles. The van der Waals surface area contributed by atoms with Crippen LogP contribution in [0.2, 0.25) is 0 Å². The molecule has 6 heteroatoms. The molecule has 2 aromatic rings. The molecule has 2 heterocycles. The summed E-state index contributed by atoms with van der Waals surface area (Å²) in [7, 11) is 0. The highest BCUT2D eigenvalue weighted by atomic mass is 32.1. The first kappa shape index (κ1) is 14.7. The van der Waals surface area contributed by atoms with Crippen molar-refractivity contribution >= 4 is 27.5 Å². The van der Waals surface area contributed by atoms with Crippen LogP contribution in [0.15, 0.2) is 17.2 Å². The van der Waals surface area contributed by atoms with Crippen molar-refractivity contribution in [2.75, 3.05) is 6.61 Å².